The summed E-state index contributed by atoms with van der Waals surface area (Å²) in [4.78, 5) is 4.72. The second kappa shape index (κ2) is 8.03. The molecule has 2 unspecified atom stereocenters. The first-order valence-electron chi connectivity index (χ1n) is 6.89. The van der Waals surface area contributed by atoms with Crippen LogP contribution in [-0.4, -0.2) is 68.8 Å². The average molecular weight is 243 g/mol. The van der Waals surface area contributed by atoms with Gasteiger partial charge >= 0.3 is 0 Å². The van der Waals surface area contributed by atoms with Crippen molar-refractivity contribution >= 4 is 0 Å². The van der Waals surface area contributed by atoms with Crippen molar-refractivity contribution in [1.82, 2.24) is 9.80 Å². The summed E-state index contributed by atoms with van der Waals surface area (Å²) in [5.74, 6) is 0. The van der Waals surface area contributed by atoms with Crippen LogP contribution in [0, 0.1) is 0 Å². The van der Waals surface area contributed by atoms with Gasteiger partial charge in [-0.25, -0.2) is 0 Å². The minimum Gasteiger partial charge on any atom is -0.377 e. The summed E-state index contributed by atoms with van der Waals surface area (Å²) in [6.45, 7) is 7.16. The number of nitrogens with zero attached hydrogens (tertiary/aromatic N) is 2. The van der Waals surface area contributed by atoms with Gasteiger partial charge in [-0.1, -0.05) is 6.92 Å². The van der Waals surface area contributed by atoms with Gasteiger partial charge in [0.1, 0.15) is 0 Å². The highest BCUT2D eigenvalue weighted by Crippen LogP contribution is 2.19. The summed E-state index contributed by atoms with van der Waals surface area (Å²) >= 11 is 0. The molecule has 102 valence electrons. The molecule has 17 heavy (non-hydrogen) atoms. The molecule has 2 atom stereocenters. The van der Waals surface area contributed by atoms with E-state index in [1.54, 1.807) is 0 Å². The Kier molecular flexibility index (Phi) is 7.04. The minimum atomic E-state index is 0.360. The molecular formula is C13H29N3O. The van der Waals surface area contributed by atoms with Crippen LogP contribution >= 0.6 is 0 Å². The summed E-state index contributed by atoms with van der Waals surface area (Å²) in [7, 11) is 4.24. The lowest BCUT2D eigenvalue weighted by atomic mass is 10.1. The molecule has 0 aromatic rings. The fraction of sp³-hybridized carbons (Fsp3) is 1.00. The average Bonchev–Trinajstić information content (AvgIpc) is 2.81. The number of nitrogens with two attached hydrogens (primary N) is 1. The molecule has 0 saturated carbocycles. The molecule has 4 heteroatoms. The zero-order chi connectivity index (χ0) is 12.7. The molecule has 1 fully saturated rings. The van der Waals surface area contributed by atoms with Crippen LogP contribution < -0.4 is 5.73 Å². The molecule has 0 spiro atoms. The van der Waals surface area contributed by atoms with E-state index in [4.69, 9.17) is 10.5 Å². The van der Waals surface area contributed by atoms with Crippen LogP contribution in [0.3, 0.4) is 0 Å². The van der Waals surface area contributed by atoms with Crippen LogP contribution in [0.25, 0.3) is 0 Å². The third-order valence-corrected chi connectivity index (χ3v) is 3.56. The highest BCUT2D eigenvalue weighted by atomic mass is 16.5. The van der Waals surface area contributed by atoms with Gasteiger partial charge in [0.05, 0.1) is 6.10 Å². The number of hydrogen-bond donors (Lipinski definition) is 1. The van der Waals surface area contributed by atoms with E-state index >= 15 is 0 Å². The van der Waals surface area contributed by atoms with E-state index in [-0.39, 0.29) is 0 Å². The van der Waals surface area contributed by atoms with Gasteiger partial charge in [0.2, 0.25) is 0 Å². The van der Waals surface area contributed by atoms with E-state index in [2.05, 4.69) is 30.8 Å². The molecule has 0 aliphatic carbocycles. The fourth-order valence-electron chi connectivity index (χ4n) is 2.59. The van der Waals surface area contributed by atoms with Gasteiger partial charge in [0.15, 0.2) is 0 Å². The summed E-state index contributed by atoms with van der Waals surface area (Å²) in [5, 5.41) is 0. The second-order valence-corrected chi connectivity index (χ2v) is 5.14. The lowest BCUT2D eigenvalue weighted by Gasteiger charge is -2.33. The molecule has 1 saturated heterocycles. The lowest BCUT2D eigenvalue weighted by Crippen LogP contribution is -2.48. The Morgan fingerprint density at radius 3 is 2.59 bits per heavy atom. The van der Waals surface area contributed by atoms with Gasteiger partial charge in [-0.2, -0.15) is 0 Å². The Morgan fingerprint density at radius 1 is 1.35 bits per heavy atom. The van der Waals surface area contributed by atoms with Crippen molar-refractivity contribution in [2.75, 3.05) is 46.9 Å². The Balaban J connectivity index is 2.39. The molecule has 1 rings (SSSR count). The molecule has 4 nitrogen and oxygen atoms in total. The van der Waals surface area contributed by atoms with Crippen molar-refractivity contribution < 1.29 is 4.74 Å². The van der Waals surface area contributed by atoms with Crippen LogP contribution in [0.1, 0.15) is 26.2 Å². The quantitative estimate of drug-likeness (QED) is 0.683. The van der Waals surface area contributed by atoms with Crippen LogP contribution in [0.5, 0.6) is 0 Å². The molecular weight excluding hydrogens is 214 g/mol. The topological polar surface area (TPSA) is 41.7 Å². The first-order valence-corrected chi connectivity index (χ1v) is 6.89. The van der Waals surface area contributed by atoms with Gasteiger partial charge in [0.25, 0.3) is 0 Å². The number of ether oxygens (including phenoxy) is 1. The zero-order valence-corrected chi connectivity index (χ0v) is 11.7. The van der Waals surface area contributed by atoms with E-state index < -0.39 is 0 Å². The van der Waals surface area contributed by atoms with Crippen molar-refractivity contribution in [3.8, 4) is 0 Å². The molecule has 0 aromatic carbocycles. The van der Waals surface area contributed by atoms with Gasteiger partial charge < -0.3 is 15.4 Å². The molecule has 1 heterocycles. The first-order chi connectivity index (χ1) is 8.19. The Hall–Kier alpha value is -0.160. The fourth-order valence-corrected chi connectivity index (χ4v) is 2.59. The predicted octanol–water partition coefficient (Wildman–Crippen LogP) is 0.766. The van der Waals surface area contributed by atoms with Crippen LogP contribution in [0.2, 0.25) is 0 Å². The normalized spacial score (nSPS) is 22.6. The Labute approximate surface area is 106 Å². The summed E-state index contributed by atoms with van der Waals surface area (Å²) in [6.07, 6.45) is 3.92. The molecule has 2 N–H and O–H groups in total. The standard InChI is InChI=1S/C13H29N3O/c1-4-16(9-6-8-15(2)3)12(11-14)13-7-5-10-17-13/h12-13H,4-11,14H2,1-3H3. The maximum absolute atomic E-state index is 5.93. The van der Waals surface area contributed by atoms with E-state index in [0.29, 0.717) is 18.7 Å². The molecule has 0 amide bonds. The number of likely N-dealkylation sites (N-methyl/N-ethyl adjacent to an activating group) is 1. The highest BCUT2D eigenvalue weighted by molar-refractivity contribution is 4.83. The van der Waals surface area contributed by atoms with Crippen LogP contribution in [0.4, 0.5) is 0 Å². The van der Waals surface area contributed by atoms with Crippen molar-refractivity contribution in [3.63, 3.8) is 0 Å². The summed E-state index contributed by atoms with van der Waals surface area (Å²) in [6, 6.07) is 0.407. The number of hydrogen-bond acceptors (Lipinski definition) is 4. The molecule has 0 bridgehead atoms. The van der Waals surface area contributed by atoms with Gasteiger partial charge in [-0.15, -0.1) is 0 Å². The Morgan fingerprint density at radius 2 is 2.12 bits per heavy atom. The molecule has 0 aromatic heterocycles. The predicted molar refractivity (Wildman–Crippen MR) is 72.2 cm³/mol. The van der Waals surface area contributed by atoms with Crippen LogP contribution in [-0.2, 0) is 4.74 Å². The van der Waals surface area contributed by atoms with E-state index in [1.807, 2.05) is 0 Å². The molecule has 1 aliphatic heterocycles. The molecule has 1 aliphatic rings. The van der Waals surface area contributed by atoms with E-state index in [1.165, 1.54) is 19.3 Å². The monoisotopic (exact) mass is 243 g/mol. The smallest absolute Gasteiger partial charge is 0.0743 e. The van der Waals surface area contributed by atoms with Gasteiger partial charge in [-0.3, -0.25) is 4.90 Å². The van der Waals surface area contributed by atoms with Crippen molar-refractivity contribution in [1.29, 1.82) is 0 Å². The maximum Gasteiger partial charge on any atom is 0.0743 e. The largest absolute Gasteiger partial charge is 0.377 e. The first kappa shape index (κ1) is 14.9. The maximum atomic E-state index is 5.93. The van der Waals surface area contributed by atoms with E-state index in [0.717, 1.165) is 26.2 Å². The van der Waals surface area contributed by atoms with Gasteiger partial charge in [0, 0.05) is 19.2 Å². The summed E-state index contributed by atoms with van der Waals surface area (Å²) < 4.78 is 5.78. The Bertz CT molecular complexity index is 193. The third-order valence-electron chi connectivity index (χ3n) is 3.56. The lowest BCUT2D eigenvalue weighted by molar-refractivity contribution is 0.0281. The SMILES string of the molecule is CCN(CCCN(C)C)C(CN)C1CCCO1. The van der Waals surface area contributed by atoms with Crippen LogP contribution in [0.15, 0.2) is 0 Å². The van der Waals surface area contributed by atoms with Crippen molar-refractivity contribution in [2.45, 2.75) is 38.3 Å². The molecule has 0 radical (unpaired) electrons. The van der Waals surface area contributed by atoms with Gasteiger partial charge in [-0.05, 0) is 53.0 Å². The van der Waals surface area contributed by atoms with Crippen molar-refractivity contribution in [2.24, 2.45) is 5.73 Å². The zero-order valence-electron chi connectivity index (χ0n) is 11.7. The number of rotatable bonds is 8. The highest BCUT2D eigenvalue weighted by Gasteiger charge is 2.28. The minimum absolute atomic E-state index is 0.360. The van der Waals surface area contributed by atoms with E-state index in [9.17, 15) is 0 Å². The van der Waals surface area contributed by atoms with Crippen molar-refractivity contribution in [3.05, 3.63) is 0 Å². The summed E-state index contributed by atoms with van der Waals surface area (Å²) in [5.41, 5.74) is 5.93. The third kappa shape index (κ3) is 4.92. The second-order valence-electron chi connectivity index (χ2n) is 5.14.